The van der Waals surface area contributed by atoms with Crippen molar-refractivity contribution >= 4 is 15.8 Å². The summed E-state index contributed by atoms with van der Waals surface area (Å²) in [5.41, 5.74) is 0.136. The molecule has 6 nitrogen and oxygen atoms in total. The average molecular weight is 325 g/mol. The van der Waals surface area contributed by atoms with Crippen molar-refractivity contribution in [3.05, 3.63) is 29.8 Å². The van der Waals surface area contributed by atoms with E-state index < -0.39 is 28.5 Å². The van der Waals surface area contributed by atoms with Crippen molar-refractivity contribution in [2.24, 2.45) is 5.16 Å². The first kappa shape index (κ1) is 15.6. The molecule has 0 saturated heterocycles. The zero-order chi connectivity index (χ0) is 15.9. The highest BCUT2D eigenvalue weighted by atomic mass is 32.2. The van der Waals surface area contributed by atoms with Gasteiger partial charge in [-0.05, 0) is 29.8 Å². The molecular formula is C11H10F3NO5S. The third-order valence-electron chi connectivity index (χ3n) is 2.59. The molecule has 0 aromatic heterocycles. The summed E-state index contributed by atoms with van der Waals surface area (Å²) in [4.78, 5) is 4.07. The van der Waals surface area contributed by atoms with Crippen LogP contribution in [0.4, 0.5) is 13.2 Å². The van der Waals surface area contributed by atoms with Crippen LogP contribution in [0.1, 0.15) is 12.0 Å². The lowest BCUT2D eigenvalue weighted by atomic mass is 10.0. The Labute approximate surface area is 117 Å². The van der Waals surface area contributed by atoms with E-state index in [1.54, 1.807) is 0 Å². The highest BCUT2D eigenvalue weighted by Gasteiger charge is 2.60. The lowest BCUT2D eigenvalue weighted by Gasteiger charge is -2.22. The summed E-state index contributed by atoms with van der Waals surface area (Å²) < 4.78 is 64.1. The van der Waals surface area contributed by atoms with Crippen molar-refractivity contribution in [2.45, 2.75) is 18.4 Å². The van der Waals surface area contributed by atoms with Crippen molar-refractivity contribution in [1.82, 2.24) is 0 Å². The van der Waals surface area contributed by atoms with Crippen LogP contribution in [-0.2, 0) is 15.0 Å². The van der Waals surface area contributed by atoms with Crippen molar-refractivity contribution in [2.75, 3.05) is 6.26 Å². The molecule has 0 amide bonds. The highest BCUT2D eigenvalue weighted by Crippen LogP contribution is 2.39. The number of oxime groups is 1. The van der Waals surface area contributed by atoms with Gasteiger partial charge in [-0.15, -0.1) is 0 Å². The van der Waals surface area contributed by atoms with Gasteiger partial charge in [0.2, 0.25) is 0 Å². The van der Waals surface area contributed by atoms with Gasteiger partial charge in [0, 0.05) is 0 Å². The van der Waals surface area contributed by atoms with Gasteiger partial charge in [0.15, 0.2) is 0 Å². The molecule has 1 heterocycles. The molecule has 1 atom stereocenters. The smallest absolute Gasteiger partial charge is 0.383 e. The van der Waals surface area contributed by atoms with E-state index in [0.29, 0.717) is 0 Å². The van der Waals surface area contributed by atoms with E-state index in [1.807, 2.05) is 0 Å². The minimum atomic E-state index is -4.97. The van der Waals surface area contributed by atoms with E-state index in [1.165, 1.54) is 24.3 Å². The number of alkyl halides is 3. The predicted octanol–water partition coefficient (Wildman–Crippen LogP) is 1.40. The Hall–Kier alpha value is -1.81. The number of nitrogens with zero attached hydrogens (tertiary/aromatic N) is 1. The second kappa shape index (κ2) is 4.88. The van der Waals surface area contributed by atoms with Gasteiger partial charge in [0.1, 0.15) is 5.75 Å². The van der Waals surface area contributed by atoms with Crippen LogP contribution >= 0.6 is 0 Å². The molecule has 1 aliphatic rings. The number of hydrogen-bond acceptors (Lipinski definition) is 6. The molecule has 2 rings (SSSR count). The largest absolute Gasteiger partial charge is 0.458 e. The molecule has 0 fully saturated rings. The number of halogens is 3. The maximum Gasteiger partial charge on any atom is 0.458 e. The molecule has 1 N–H and O–H groups in total. The van der Waals surface area contributed by atoms with Crippen molar-refractivity contribution < 1.29 is 35.7 Å². The summed E-state index contributed by atoms with van der Waals surface area (Å²) in [6.45, 7) is 0. The van der Waals surface area contributed by atoms with Crippen LogP contribution in [0.5, 0.6) is 5.75 Å². The van der Waals surface area contributed by atoms with Crippen LogP contribution in [0.2, 0.25) is 0 Å². The molecule has 10 heteroatoms. The average Bonchev–Trinajstić information content (AvgIpc) is 2.71. The lowest BCUT2D eigenvalue weighted by molar-refractivity contribution is -0.355. The lowest BCUT2D eigenvalue weighted by Crippen LogP contribution is -2.45. The summed E-state index contributed by atoms with van der Waals surface area (Å²) in [6.07, 6.45) is -4.97. The first-order valence-electron chi connectivity index (χ1n) is 5.54. The summed E-state index contributed by atoms with van der Waals surface area (Å²) in [6, 6.07) is 5.13. The van der Waals surface area contributed by atoms with Crippen LogP contribution < -0.4 is 4.18 Å². The van der Waals surface area contributed by atoms with Crippen LogP contribution in [0.15, 0.2) is 29.4 Å². The fraction of sp³-hybridized carbons (Fsp3) is 0.364. The molecule has 1 aliphatic heterocycles. The minimum absolute atomic E-state index is 0.00634. The zero-order valence-electron chi connectivity index (χ0n) is 10.6. The van der Waals surface area contributed by atoms with Gasteiger partial charge in [-0.2, -0.15) is 21.6 Å². The zero-order valence-corrected chi connectivity index (χ0v) is 11.4. The van der Waals surface area contributed by atoms with Gasteiger partial charge in [-0.3, -0.25) is 0 Å². The van der Waals surface area contributed by atoms with Crippen LogP contribution in [0.3, 0.4) is 0 Å². The van der Waals surface area contributed by atoms with E-state index in [-0.39, 0.29) is 17.0 Å². The quantitative estimate of drug-likeness (QED) is 0.849. The first-order chi connectivity index (χ1) is 9.50. The maximum atomic E-state index is 12.5. The second-order valence-corrected chi connectivity index (χ2v) is 5.97. The third-order valence-corrected chi connectivity index (χ3v) is 3.09. The first-order valence-corrected chi connectivity index (χ1v) is 7.36. The summed E-state index contributed by atoms with van der Waals surface area (Å²) in [5, 5.41) is 12.5. The molecule has 0 radical (unpaired) electrons. The molecule has 0 aliphatic carbocycles. The van der Waals surface area contributed by atoms with Crippen molar-refractivity contribution in [1.29, 1.82) is 0 Å². The standard InChI is InChI=1S/C11H10F3NO5S/c1-21(17,18)19-8-4-2-7(3-5-8)9-6-10(16,20-15-9)11(12,13)14/h2-5,16H,6H2,1H3. The third kappa shape index (κ3) is 3.45. The van der Waals surface area contributed by atoms with E-state index in [0.717, 1.165) is 6.26 Å². The molecule has 1 aromatic rings. The van der Waals surface area contributed by atoms with Crippen LogP contribution in [0, 0.1) is 0 Å². The fourth-order valence-corrected chi connectivity index (χ4v) is 2.07. The molecule has 0 spiro atoms. The van der Waals surface area contributed by atoms with E-state index in [2.05, 4.69) is 14.2 Å². The maximum absolute atomic E-state index is 12.5. The van der Waals surface area contributed by atoms with E-state index in [9.17, 15) is 26.7 Å². The van der Waals surface area contributed by atoms with Crippen molar-refractivity contribution in [3.63, 3.8) is 0 Å². The van der Waals surface area contributed by atoms with Gasteiger partial charge < -0.3 is 14.1 Å². The normalized spacial score (nSPS) is 22.6. The molecule has 0 saturated carbocycles. The van der Waals surface area contributed by atoms with Crippen LogP contribution in [-0.4, -0.2) is 37.5 Å². The Balaban J connectivity index is 2.15. The van der Waals surface area contributed by atoms with Gasteiger partial charge in [0.25, 0.3) is 0 Å². The van der Waals surface area contributed by atoms with E-state index in [4.69, 9.17) is 0 Å². The molecular weight excluding hydrogens is 315 g/mol. The topological polar surface area (TPSA) is 85.2 Å². The monoisotopic (exact) mass is 325 g/mol. The van der Waals surface area contributed by atoms with Crippen LogP contribution in [0.25, 0.3) is 0 Å². The SMILES string of the molecule is CS(=O)(=O)Oc1ccc(C2=NOC(O)(C(F)(F)F)C2)cc1. The van der Waals surface area contributed by atoms with E-state index >= 15 is 0 Å². The Kier molecular flexibility index (Phi) is 3.62. The van der Waals surface area contributed by atoms with Gasteiger partial charge >= 0.3 is 22.1 Å². The Bertz CT molecular complexity index is 668. The predicted molar refractivity (Wildman–Crippen MR) is 65.2 cm³/mol. The Morgan fingerprint density at radius 3 is 2.33 bits per heavy atom. The molecule has 116 valence electrons. The summed E-state index contributed by atoms with van der Waals surface area (Å²) in [7, 11) is -3.69. The molecule has 0 bridgehead atoms. The second-order valence-electron chi connectivity index (χ2n) is 4.40. The van der Waals surface area contributed by atoms with Gasteiger partial charge in [-0.25, -0.2) is 0 Å². The number of benzene rings is 1. The molecule has 1 unspecified atom stereocenters. The number of hydrogen-bond donors (Lipinski definition) is 1. The molecule has 21 heavy (non-hydrogen) atoms. The summed E-state index contributed by atoms with van der Waals surface area (Å²) >= 11 is 0. The Morgan fingerprint density at radius 1 is 1.33 bits per heavy atom. The fourth-order valence-electron chi connectivity index (χ4n) is 1.61. The minimum Gasteiger partial charge on any atom is -0.383 e. The van der Waals surface area contributed by atoms with Crippen molar-refractivity contribution in [3.8, 4) is 5.75 Å². The highest BCUT2D eigenvalue weighted by molar-refractivity contribution is 7.86. The van der Waals surface area contributed by atoms with Gasteiger partial charge in [-0.1, -0.05) is 5.16 Å². The Morgan fingerprint density at radius 2 is 1.90 bits per heavy atom. The number of rotatable bonds is 3. The summed E-state index contributed by atoms with van der Waals surface area (Å²) in [5.74, 6) is -3.34. The van der Waals surface area contributed by atoms with Gasteiger partial charge in [0.05, 0.1) is 18.4 Å². The molecule has 1 aromatic carbocycles. The number of aliphatic hydroxyl groups is 1.